The number of piperidine rings is 1. The first-order valence-corrected chi connectivity index (χ1v) is 9.74. The van der Waals surface area contributed by atoms with Gasteiger partial charge in [-0.1, -0.05) is 18.2 Å². The standard InChI is InChI=1S/C22H23N5O2/c23-13-20-21(25-27(22(20)24)17-5-4-12-26(14-17)15-28)16-8-10-19(11-9-16)29-18-6-2-1-3-7-18/h1-3,6-11,15,17,20,22H,4-5,12,14,24H2/t17-,20?,22?/m1/s1. The van der Waals surface area contributed by atoms with E-state index >= 15 is 0 Å². The molecule has 0 radical (unpaired) electrons. The first-order valence-electron chi connectivity index (χ1n) is 9.74. The van der Waals surface area contributed by atoms with Gasteiger partial charge >= 0.3 is 0 Å². The molecule has 2 unspecified atom stereocenters. The SMILES string of the molecule is N#CC1C(c2ccc(Oc3ccccc3)cc2)=NN([C@@H]2CCCN(C=O)C2)C1N. The van der Waals surface area contributed by atoms with E-state index in [0.29, 0.717) is 18.0 Å². The number of hydrogen-bond acceptors (Lipinski definition) is 6. The van der Waals surface area contributed by atoms with Crippen LogP contribution in [0.5, 0.6) is 11.5 Å². The van der Waals surface area contributed by atoms with Crippen LogP contribution in [0.25, 0.3) is 0 Å². The number of nitrogens with two attached hydrogens (primary N) is 1. The second kappa shape index (κ2) is 8.33. The summed E-state index contributed by atoms with van der Waals surface area (Å²) in [5.41, 5.74) is 7.88. The summed E-state index contributed by atoms with van der Waals surface area (Å²) in [5.74, 6) is 0.947. The van der Waals surface area contributed by atoms with Crippen molar-refractivity contribution in [3.63, 3.8) is 0 Å². The first-order chi connectivity index (χ1) is 14.2. The third-order valence-electron chi connectivity index (χ3n) is 5.38. The average molecular weight is 389 g/mol. The lowest BCUT2D eigenvalue weighted by Crippen LogP contribution is -2.51. The Morgan fingerprint density at radius 2 is 1.86 bits per heavy atom. The van der Waals surface area contributed by atoms with E-state index in [1.54, 1.807) is 4.90 Å². The van der Waals surface area contributed by atoms with Crippen molar-refractivity contribution in [2.45, 2.75) is 25.0 Å². The fourth-order valence-corrected chi connectivity index (χ4v) is 3.88. The number of carbonyl (C=O) groups excluding carboxylic acids is 1. The van der Waals surface area contributed by atoms with Crippen LogP contribution < -0.4 is 10.5 Å². The molecule has 1 saturated heterocycles. The minimum absolute atomic E-state index is 0.0259. The molecule has 1 amide bonds. The molecular formula is C22H23N5O2. The van der Waals surface area contributed by atoms with Crippen molar-refractivity contribution in [2.75, 3.05) is 13.1 Å². The Morgan fingerprint density at radius 3 is 2.55 bits per heavy atom. The normalized spacial score (nSPS) is 24.0. The van der Waals surface area contributed by atoms with E-state index in [2.05, 4.69) is 6.07 Å². The highest BCUT2D eigenvalue weighted by Gasteiger charge is 2.40. The smallest absolute Gasteiger partial charge is 0.209 e. The molecule has 0 saturated carbocycles. The molecule has 2 aliphatic rings. The molecule has 4 rings (SSSR count). The van der Waals surface area contributed by atoms with Gasteiger partial charge in [0, 0.05) is 13.1 Å². The van der Waals surface area contributed by atoms with Crippen molar-refractivity contribution in [1.82, 2.24) is 9.91 Å². The maximum absolute atomic E-state index is 11.1. The lowest BCUT2D eigenvalue weighted by Gasteiger charge is -2.37. The first kappa shape index (κ1) is 19.0. The molecule has 0 bridgehead atoms. The lowest BCUT2D eigenvalue weighted by molar-refractivity contribution is -0.120. The minimum Gasteiger partial charge on any atom is -0.457 e. The third-order valence-corrected chi connectivity index (χ3v) is 5.38. The number of nitrogens with zero attached hydrogens (tertiary/aromatic N) is 4. The van der Waals surface area contributed by atoms with E-state index in [1.807, 2.05) is 59.6 Å². The Bertz CT molecular complexity index is 922. The fourth-order valence-electron chi connectivity index (χ4n) is 3.88. The van der Waals surface area contributed by atoms with Crippen LogP contribution >= 0.6 is 0 Å². The number of nitriles is 1. The number of hydrogen-bond donors (Lipinski definition) is 1. The molecule has 0 aromatic heterocycles. The van der Waals surface area contributed by atoms with Gasteiger partial charge in [0.1, 0.15) is 23.6 Å². The fraction of sp³-hybridized carbons (Fsp3) is 0.318. The second-order valence-corrected chi connectivity index (χ2v) is 7.30. The van der Waals surface area contributed by atoms with Gasteiger partial charge < -0.3 is 15.4 Å². The van der Waals surface area contributed by atoms with Gasteiger partial charge in [0.25, 0.3) is 0 Å². The number of benzene rings is 2. The van der Waals surface area contributed by atoms with E-state index < -0.39 is 12.1 Å². The van der Waals surface area contributed by atoms with Crippen molar-refractivity contribution in [3.05, 3.63) is 60.2 Å². The maximum Gasteiger partial charge on any atom is 0.209 e. The number of para-hydroxylation sites is 1. The van der Waals surface area contributed by atoms with Crippen molar-refractivity contribution < 1.29 is 9.53 Å². The quantitative estimate of drug-likeness (QED) is 0.793. The van der Waals surface area contributed by atoms with Gasteiger partial charge in [0.05, 0.1) is 17.8 Å². The predicted octanol–water partition coefficient (Wildman–Crippen LogP) is 2.54. The molecule has 1 fully saturated rings. The van der Waals surface area contributed by atoms with Gasteiger partial charge in [-0.05, 0) is 54.8 Å². The van der Waals surface area contributed by atoms with Crippen LogP contribution in [0, 0.1) is 17.2 Å². The molecule has 2 aliphatic heterocycles. The van der Waals surface area contributed by atoms with Crippen LogP contribution in [0.2, 0.25) is 0 Å². The second-order valence-electron chi connectivity index (χ2n) is 7.30. The molecular weight excluding hydrogens is 366 g/mol. The van der Waals surface area contributed by atoms with Gasteiger partial charge in [-0.2, -0.15) is 10.4 Å². The largest absolute Gasteiger partial charge is 0.457 e. The van der Waals surface area contributed by atoms with Gasteiger partial charge in [-0.25, -0.2) is 0 Å². The highest BCUT2D eigenvalue weighted by molar-refractivity contribution is 6.05. The van der Waals surface area contributed by atoms with Crippen LogP contribution in [-0.2, 0) is 4.79 Å². The summed E-state index contributed by atoms with van der Waals surface area (Å²) in [7, 11) is 0. The molecule has 2 N–H and O–H groups in total. The number of ether oxygens (including phenoxy) is 1. The van der Waals surface area contributed by atoms with Crippen molar-refractivity contribution in [3.8, 4) is 17.6 Å². The van der Waals surface area contributed by atoms with Crippen molar-refractivity contribution in [1.29, 1.82) is 5.26 Å². The number of rotatable bonds is 5. The number of hydrazone groups is 1. The molecule has 0 spiro atoms. The van der Waals surface area contributed by atoms with Crippen LogP contribution in [0.15, 0.2) is 59.7 Å². The summed E-state index contributed by atoms with van der Waals surface area (Å²) >= 11 is 0. The molecule has 2 aromatic rings. The molecule has 148 valence electrons. The molecule has 0 aliphatic carbocycles. The molecule has 29 heavy (non-hydrogen) atoms. The molecule has 7 heteroatoms. The number of carbonyl (C=O) groups is 1. The van der Waals surface area contributed by atoms with E-state index in [0.717, 1.165) is 37.1 Å². The van der Waals surface area contributed by atoms with Crippen molar-refractivity contribution in [2.24, 2.45) is 16.8 Å². The van der Waals surface area contributed by atoms with Crippen LogP contribution in [0.3, 0.4) is 0 Å². The Kier molecular flexibility index (Phi) is 5.45. The highest BCUT2D eigenvalue weighted by Crippen LogP contribution is 2.29. The van der Waals surface area contributed by atoms with Gasteiger partial charge in [-0.3, -0.25) is 9.80 Å². The Hall–Kier alpha value is -3.37. The Balaban J connectivity index is 1.54. The highest BCUT2D eigenvalue weighted by atomic mass is 16.5. The Morgan fingerprint density at radius 1 is 1.14 bits per heavy atom. The summed E-state index contributed by atoms with van der Waals surface area (Å²) < 4.78 is 5.83. The summed E-state index contributed by atoms with van der Waals surface area (Å²) in [6, 6.07) is 19.4. The zero-order valence-electron chi connectivity index (χ0n) is 16.0. The van der Waals surface area contributed by atoms with Gasteiger partial charge in [-0.15, -0.1) is 0 Å². The van der Waals surface area contributed by atoms with Gasteiger partial charge in [0.15, 0.2) is 0 Å². The van der Waals surface area contributed by atoms with Crippen LogP contribution in [0.1, 0.15) is 18.4 Å². The summed E-state index contributed by atoms with van der Waals surface area (Å²) in [5, 5.41) is 16.2. The molecule has 3 atom stereocenters. The molecule has 2 heterocycles. The van der Waals surface area contributed by atoms with E-state index in [-0.39, 0.29) is 6.04 Å². The number of amides is 1. The van der Waals surface area contributed by atoms with Crippen LogP contribution in [0.4, 0.5) is 0 Å². The summed E-state index contributed by atoms with van der Waals surface area (Å²) in [6.45, 7) is 1.33. The van der Waals surface area contributed by atoms with Crippen molar-refractivity contribution >= 4 is 12.1 Å². The average Bonchev–Trinajstić information content (AvgIpc) is 3.11. The third kappa shape index (κ3) is 3.93. The zero-order valence-corrected chi connectivity index (χ0v) is 16.0. The predicted molar refractivity (Wildman–Crippen MR) is 109 cm³/mol. The minimum atomic E-state index is -0.525. The van der Waals surface area contributed by atoms with E-state index in [4.69, 9.17) is 15.6 Å². The monoisotopic (exact) mass is 389 g/mol. The topological polar surface area (TPSA) is 95.0 Å². The summed E-state index contributed by atoms with van der Waals surface area (Å²) in [4.78, 5) is 12.9. The molecule has 7 nitrogen and oxygen atoms in total. The molecule has 2 aromatic carbocycles. The van der Waals surface area contributed by atoms with Gasteiger partial charge in [0.2, 0.25) is 6.41 Å². The van der Waals surface area contributed by atoms with E-state index in [9.17, 15) is 10.1 Å². The van der Waals surface area contributed by atoms with E-state index in [1.165, 1.54) is 0 Å². The maximum atomic E-state index is 11.1. The lowest BCUT2D eigenvalue weighted by atomic mass is 9.96. The van der Waals surface area contributed by atoms with Crippen LogP contribution in [-0.4, -0.2) is 47.3 Å². The number of likely N-dealkylation sites (tertiary alicyclic amines) is 1. The Labute approximate surface area is 170 Å². The zero-order chi connectivity index (χ0) is 20.2. The summed E-state index contributed by atoms with van der Waals surface area (Å²) in [6.07, 6.45) is 2.15.